The predicted octanol–water partition coefficient (Wildman–Crippen LogP) is 2.27. The Balaban J connectivity index is 2.04. The van der Waals surface area contributed by atoms with Gasteiger partial charge in [-0.15, -0.1) is 0 Å². The highest BCUT2D eigenvalue weighted by Crippen LogP contribution is 2.16. The molecule has 2 aromatic rings. The number of hydrogen-bond donors (Lipinski definition) is 1. The molecule has 2 aromatic heterocycles. The first-order valence-corrected chi connectivity index (χ1v) is 5.90. The van der Waals surface area contributed by atoms with Crippen LogP contribution in [0, 0.1) is 0 Å². The SMILES string of the molecule is CC(NC(=O)c1ccc(Br)o1)c1cnn(C)c1. The van der Waals surface area contributed by atoms with Crippen LogP contribution in [0.25, 0.3) is 0 Å². The smallest absolute Gasteiger partial charge is 0.287 e. The van der Waals surface area contributed by atoms with E-state index in [1.165, 1.54) is 0 Å². The van der Waals surface area contributed by atoms with Crippen molar-refractivity contribution in [3.63, 3.8) is 0 Å². The summed E-state index contributed by atoms with van der Waals surface area (Å²) in [7, 11) is 1.84. The summed E-state index contributed by atoms with van der Waals surface area (Å²) in [6.07, 6.45) is 3.59. The fraction of sp³-hybridized carbons (Fsp3) is 0.273. The number of hydrogen-bond acceptors (Lipinski definition) is 3. The Bertz CT molecular complexity index is 532. The van der Waals surface area contributed by atoms with E-state index in [1.54, 1.807) is 23.0 Å². The highest BCUT2D eigenvalue weighted by Gasteiger charge is 2.15. The van der Waals surface area contributed by atoms with Crippen molar-refractivity contribution >= 4 is 21.8 Å². The van der Waals surface area contributed by atoms with Gasteiger partial charge in [0.25, 0.3) is 5.91 Å². The largest absolute Gasteiger partial charge is 0.444 e. The van der Waals surface area contributed by atoms with Crippen molar-refractivity contribution in [2.75, 3.05) is 0 Å². The second-order valence-corrected chi connectivity index (χ2v) is 4.53. The molecule has 5 nitrogen and oxygen atoms in total. The minimum atomic E-state index is -0.243. The number of nitrogens with zero attached hydrogens (tertiary/aromatic N) is 2. The molecule has 90 valence electrons. The predicted molar refractivity (Wildman–Crippen MR) is 65.5 cm³/mol. The molecule has 1 atom stereocenters. The summed E-state index contributed by atoms with van der Waals surface area (Å²) in [4.78, 5) is 11.8. The zero-order valence-electron chi connectivity index (χ0n) is 9.48. The number of aryl methyl sites for hydroxylation is 1. The zero-order valence-corrected chi connectivity index (χ0v) is 11.1. The molecule has 0 bridgehead atoms. The number of amides is 1. The van der Waals surface area contributed by atoms with Crippen LogP contribution in [-0.2, 0) is 7.05 Å². The molecule has 2 rings (SSSR count). The van der Waals surface area contributed by atoms with Crippen molar-refractivity contribution in [3.8, 4) is 0 Å². The molecule has 0 saturated carbocycles. The van der Waals surface area contributed by atoms with Gasteiger partial charge in [0, 0.05) is 18.8 Å². The molecule has 2 heterocycles. The Morgan fingerprint density at radius 3 is 2.88 bits per heavy atom. The molecule has 1 amide bonds. The average molecular weight is 298 g/mol. The van der Waals surface area contributed by atoms with Crippen LogP contribution < -0.4 is 5.32 Å². The molecular weight excluding hydrogens is 286 g/mol. The van der Waals surface area contributed by atoms with Gasteiger partial charge in [0.1, 0.15) is 0 Å². The average Bonchev–Trinajstić information content (AvgIpc) is 2.87. The lowest BCUT2D eigenvalue weighted by atomic mass is 10.2. The quantitative estimate of drug-likeness (QED) is 0.945. The molecule has 6 heteroatoms. The fourth-order valence-corrected chi connectivity index (χ4v) is 1.76. The van der Waals surface area contributed by atoms with Gasteiger partial charge in [0.15, 0.2) is 10.4 Å². The van der Waals surface area contributed by atoms with Crippen molar-refractivity contribution in [3.05, 3.63) is 40.5 Å². The van der Waals surface area contributed by atoms with Crippen LogP contribution in [0.3, 0.4) is 0 Å². The van der Waals surface area contributed by atoms with E-state index in [-0.39, 0.29) is 17.7 Å². The van der Waals surface area contributed by atoms with Crippen molar-refractivity contribution in [1.82, 2.24) is 15.1 Å². The summed E-state index contributed by atoms with van der Waals surface area (Å²) in [5.74, 6) is 0.0414. The topological polar surface area (TPSA) is 60.1 Å². The number of carbonyl (C=O) groups excluding carboxylic acids is 1. The molecule has 0 spiro atoms. The molecule has 0 fully saturated rings. The van der Waals surface area contributed by atoms with E-state index in [1.807, 2.05) is 20.2 Å². The molecule has 1 N–H and O–H groups in total. The highest BCUT2D eigenvalue weighted by atomic mass is 79.9. The third-order valence-electron chi connectivity index (χ3n) is 2.37. The lowest BCUT2D eigenvalue weighted by Gasteiger charge is -2.10. The van der Waals surface area contributed by atoms with Crippen molar-refractivity contribution in [2.45, 2.75) is 13.0 Å². The number of nitrogens with one attached hydrogen (secondary N) is 1. The summed E-state index contributed by atoms with van der Waals surface area (Å²) < 4.78 is 7.41. The molecule has 0 saturated heterocycles. The van der Waals surface area contributed by atoms with Gasteiger partial charge in [0.2, 0.25) is 0 Å². The number of carbonyl (C=O) groups is 1. The van der Waals surface area contributed by atoms with E-state index in [2.05, 4.69) is 26.3 Å². The van der Waals surface area contributed by atoms with Gasteiger partial charge in [-0.25, -0.2) is 0 Å². The first-order chi connectivity index (χ1) is 8.06. The second kappa shape index (κ2) is 4.75. The minimum absolute atomic E-state index is 0.111. The van der Waals surface area contributed by atoms with Gasteiger partial charge in [-0.05, 0) is 35.0 Å². The monoisotopic (exact) mass is 297 g/mol. The van der Waals surface area contributed by atoms with E-state index in [0.29, 0.717) is 4.67 Å². The standard InChI is InChI=1S/C11H12BrN3O2/c1-7(8-5-13-15(2)6-8)14-11(16)9-3-4-10(12)17-9/h3-7H,1-2H3,(H,14,16). The first-order valence-electron chi connectivity index (χ1n) is 5.11. The summed E-state index contributed by atoms with van der Waals surface area (Å²) in [6.45, 7) is 1.90. The van der Waals surface area contributed by atoms with E-state index in [4.69, 9.17) is 4.42 Å². The van der Waals surface area contributed by atoms with Crippen molar-refractivity contribution < 1.29 is 9.21 Å². The Morgan fingerprint density at radius 1 is 1.59 bits per heavy atom. The van der Waals surface area contributed by atoms with Gasteiger partial charge in [-0.3, -0.25) is 9.48 Å². The third kappa shape index (κ3) is 2.76. The second-order valence-electron chi connectivity index (χ2n) is 3.75. The van der Waals surface area contributed by atoms with Crippen LogP contribution in [0.5, 0.6) is 0 Å². The third-order valence-corrected chi connectivity index (χ3v) is 2.80. The van der Waals surface area contributed by atoms with E-state index in [9.17, 15) is 4.79 Å². The van der Waals surface area contributed by atoms with Gasteiger partial charge >= 0.3 is 0 Å². The summed E-state index contributed by atoms with van der Waals surface area (Å²) in [5, 5.41) is 6.89. The van der Waals surface area contributed by atoms with E-state index >= 15 is 0 Å². The number of rotatable bonds is 3. The lowest BCUT2D eigenvalue weighted by molar-refractivity contribution is 0.0910. The minimum Gasteiger partial charge on any atom is -0.444 e. The van der Waals surface area contributed by atoms with Crippen molar-refractivity contribution in [1.29, 1.82) is 0 Å². The highest BCUT2D eigenvalue weighted by molar-refractivity contribution is 9.10. The molecule has 1 unspecified atom stereocenters. The fourth-order valence-electron chi connectivity index (χ4n) is 1.45. The van der Waals surface area contributed by atoms with E-state index < -0.39 is 0 Å². The Hall–Kier alpha value is -1.56. The van der Waals surface area contributed by atoms with Crippen LogP contribution in [0.1, 0.15) is 29.1 Å². The Morgan fingerprint density at radius 2 is 2.35 bits per heavy atom. The van der Waals surface area contributed by atoms with Gasteiger partial charge in [-0.1, -0.05) is 0 Å². The first kappa shape index (κ1) is 11.9. The summed E-state index contributed by atoms with van der Waals surface area (Å²) in [5.41, 5.74) is 0.950. The maximum Gasteiger partial charge on any atom is 0.287 e. The molecule has 0 aliphatic carbocycles. The molecule has 0 aromatic carbocycles. The van der Waals surface area contributed by atoms with Crippen LogP contribution in [0.15, 0.2) is 33.6 Å². The molecule has 0 radical (unpaired) electrons. The molecule has 17 heavy (non-hydrogen) atoms. The number of furan rings is 1. The Kier molecular flexibility index (Phi) is 3.33. The summed E-state index contributed by atoms with van der Waals surface area (Å²) in [6, 6.07) is 3.19. The lowest BCUT2D eigenvalue weighted by Crippen LogP contribution is -2.25. The van der Waals surface area contributed by atoms with Crippen LogP contribution in [0.4, 0.5) is 0 Å². The van der Waals surface area contributed by atoms with Gasteiger partial charge in [-0.2, -0.15) is 5.10 Å². The zero-order chi connectivity index (χ0) is 12.4. The maximum atomic E-state index is 11.8. The Labute approximate surface area is 107 Å². The molecular formula is C11H12BrN3O2. The van der Waals surface area contributed by atoms with Crippen LogP contribution >= 0.6 is 15.9 Å². The van der Waals surface area contributed by atoms with Crippen molar-refractivity contribution in [2.24, 2.45) is 7.05 Å². The number of halogens is 1. The molecule has 0 aliphatic rings. The number of aromatic nitrogens is 2. The van der Waals surface area contributed by atoms with Gasteiger partial charge in [0.05, 0.1) is 12.2 Å². The normalized spacial score (nSPS) is 12.4. The summed E-state index contributed by atoms with van der Waals surface area (Å²) >= 11 is 3.15. The van der Waals surface area contributed by atoms with Crippen LogP contribution in [0.2, 0.25) is 0 Å². The molecule has 0 aliphatic heterocycles. The van der Waals surface area contributed by atoms with E-state index in [0.717, 1.165) is 5.56 Å². The van der Waals surface area contributed by atoms with Crippen LogP contribution in [-0.4, -0.2) is 15.7 Å². The maximum absolute atomic E-state index is 11.8. The van der Waals surface area contributed by atoms with Gasteiger partial charge < -0.3 is 9.73 Å².